The molecule has 0 amide bonds. The minimum absolute atomic E-state index is 0.0741. The van der Waals surface area contributed by atoms with Gasteiger partial charge in [0.1, 0.15) is 5.75 Å². The first-order valence-electron chi connectivity index (χ1n) is 5.01. The Bertz CT molecular complexity index is 377. The van der Waals surface area contributed by atoms with E-state index in [9.17, 15) is 0 Å². The van der Waals surface area contributed by atoms with E-state index in [1.165, 1.54) is 0 Å². The third-order valence-electron chi connectivity index (χ3n) is 2.14. The molecule has 0 saturated carbocycles. The van der Waals surface area contributed by atoms with Gasteiger partial charge in [0.2, 0.25) is 0 Å². The molecule has 0 spiro atoms. The quantitative estimate of drug-likeness (QED) is 0.227. The zero-order chi connectivity index (χ0) is 12.0. The van der Waals surface area contributed by atoms with Crippen molar-refractivity contribution in [1.82, 2.24) is 0 Å². The second-order valence-electron chi connectivity index (χ2n) is 3.39. The van der Waals surface area contributed by atoms with Gasteiger partial charge in [0.15, 0.2) is 5.84 Å². The maximum atomic E-state index is 8.62. The third-order valence-corrected chi connectivity index (χ3v) is 2.14. The molecule has 88 valence electrons. The van der Waals surface area contributed by atoms with Crippen molar-refractivity contribution in [1.29, 1.82) is 0 Å². The van der Waals surface area contributed by atoms with Crippen LogP contribution in [0.3, 0.4) is 0 Å². The molecule has 0 aliphatic rings. The fourth-order valence-corrected chi connectivity index (χ4v) is 1.28. The van der Waals surface area contributed by atoms with Gasteiger partial charge in [0.25, 0.3) is 0 Å². The number of ether oxygens (including phenoxy) is 1. The lowest BCUT2D eigenvalue weighted by Gasteiger charge is -2.09. The van der Waals surface area contributed by atoms with Crippen molar-refractivity contribution >= 4 is 5.84 Å². The van der Waals surface area contributed by atoms with Crippen LogP contribution in [0.2, 0.25) is 0 Å². The monoisotopic (exact) mass is 224 g/mol. The molecule has 0 heterocycles. The molecule has 1 rings (SSSR count). The van der Waals surface area contributed by atoms with Gasteiger partial charge in [0.05, 0.1) is 6.61 Å². The van der Waals surface area contributed by atoms with E-state index in [4.69, 9.17) is 20.8 Å². The van der Waals surface area contributed by atoms with E-state index < -0.39 is 0 Å². The minimum atomic E-state index is 0.0741. The zero-order valence-electron chi connectivity index (χ0n) is 9.18. The lowest BCUT2D eigenvalue weighted by atomic mass is 10.1. The SMILES string of the molecule is Cc1cc(/C(N)=N/O)ccc1OCCCO. The Labute approximate surface area is 94.1 Å². The number of aliphatic hydroxyl groups is 1. The van der Waals surface area contributed by atoms with E-state index in [-0.39, 0.29) is 12.4 Å². The van der Waals surface area contributed by atoms with Crippen molar-refractivity contribution in [2.75, 3.05) is 13.2 Å². The van der Waals surface area contributed by atoms with Crippen molar-refractivity contribution in [3.05, 3.63) is 29.3 Å². The fourth-order valence-electron chi connectivity index (χ4n) is 1.28. The van der Waals surface area contributed by atoms with Crippen LogP contribution < -0.4 is 10.5 Å². The lowest BCUT2D eigenvalue weighted by molar-refractivity contribution is 0.233. The van der Waals surface area contributed by atoms with E-state index >= 15 is 0 Å². The Morgan fingerprint density at radius 2 is 2.25 bits per heavy atom. The standard InChI is InChI=1S/C11H16N2O3/c1-8-7-9(11(12)13-15)3-4-10(8)16-6-2-5-14/h3-4,7,14-15H,2,5-6H2,1H3,(H2,12,13). The normalized spacial score (nSPS) is 11.5. The molecule has 0 aliphatic heterocycles. The molecule has 0 unspecified atom stereocenters. The molecule has 0 atom stereocenters. The van der Waals surface area contributed by atoms with Gasteiger partial charge in [-0.05, 0) is 30.7 Å². The molecular weight excluding hydrogens is 208 g/mol. The number of benzene rings is 1. The number of aryl methyl sites for hydroxylation is 1. The van der Waals surface area contributed by atoms with Crippen LogP contribution in [0.15, 0.2) is 23.4 Å². The first kappa shape index (κ1) is 12.3. The maximum Gasteiger partial charge on any atom is 0.170 e. The van der Waals surface area contributed by atoms with Crippen LogP contribution in [-0.2, 0) is 0 Å². The Balaban J connectivity index is 2.75. The Morgan fingerprint density at radius 3 is 2.81 bits per heavy atom. The topological polar surface area (TPSA) is 88.1 Å². The number of amidine groups is 1. The molecule has 5 nitrogen and oxygen atoms in total. The van der Waals surface area contributed by atoms with Crippen LogP contribution in [0.1, 0.15) is 17.5 Å². The van der Waals surface area contributed by atoms with Gasteiger partial charge in [-0.1, -0.05) is 5.16 Å². The fraction of sp³-hybridized carbons (Fsp3) is 0.364. The number of oxime groups is 1. The molecular formula is C11H16N2O3. The second-order valence-corrected chi connectivity index (χ2v) is 3.39. The Kier molecular flexibility index (Phi) is 4.60. The number of nitrogens with zero attached hydrogens (tertiary/aromatic N) is 1. The van der Waals surface area contributed by atoms with Crippen LogP contribution in [-0.4, -0.2) is 29.4 Å². The molecule has 1 aromatic carbocycles. The predicted molar refractivity (Wildman–Crippen MR) is 60.9 cm³/mol. The molecule has 0 saturated heterocycles. The summed E-state index contributed by atoms with van der Waals surface area (Å²) in [6.07, 6.45) is 0.599. The number of hydrogen-bond acceptors (Lipinski definition) is 4. The first-order chi connectivity index (χ1) is 7.69. The van der Waals surface area contributed by atoms with Gasteiger partial charge in [-0.2, -0.15) is 0 Å². The number of aliphatic hydroxyl groups excluding tert-OH is 1. The van der Waals surface area contributed by atoms with Crippen molar-refractivity contribution in [2.24, 2.45) is 10.9 Å². The Hall–Kier alpha value is -1.75. The summed E-state index contributed by atoms with van der Waals surface area (Å²) in [6.45, 7) is 2.46. The number of hydrogen-bond donors (Lipinski definition) is 3. The largest absolute Gasteiger partial charge is 0.493 e. The predicted octanol–water partition coefficient (Wildman–Crippen LogP) is 0.851. The van der Waals surface area contributed by atoms with Crippen LogP contribution in [0, 0.1) is 6.92 Å². The highest BCUT2D eigenvalue weighted by atomic mass is 16.5. The van der Waals surface area contributed by atoms with Crippen molar-refractivity contribution in [3.8, 4) is 5.75 Å². The average molecular weight is 224 g/mol. The molecule has 0 radical (unpaired) electrons. The number of nitrogens with two attached hydrogens (primary N) is 1. The molecule has 16 heavy (non-hydrogen) atoms. The van der Waals surface area contributed by atoms with Gasteiger partial charge in [-0.15, -0.1) is 0 Å². The molecule has 5 heteroatoms. The number of rotatable bonds is 5. The van der Waals surface area contributed by atoms with Crippen molar-refractivity contribution in [2.45, 2.75) is 13.3 Å². The zero-order valence-corrected chi connectivity index (χ0v) is 9.18. The molecule has 1 aromatic rings. The second kappa shape index (κ2) is 5.97. The lowest BCUT2D eigenvalue weighted by Crippen LogP contribution is -2.13. The van der Waals surface area contributed by atoms with Gasteiger partial charge in [-0.25, -0.2) is 0 Å². The van der Waals surface area contributed by atoms with Gasteiger partial charge >= 0.3 is 0 Å². The van der Waals surface area contributed by atoms with E-state index in [0.717, 1.165) is 11.3 Å². The summed E-state index contributed by atoms with van der Waals surface area (Å²) < 4.78 is 5.44. The smallest absolute Gasteiger partial charge is 0.170 e. The summed E-state index contributed by atoms with van der Waals surface area (Å²) in [5.74, 6) is 0.813. The van der Waals surface area contributed by atoms with Crippen molar-refractivity contribution in [3.63, 3.8) is 0 Å². The first-order valence-corrected chi connectivity index (χ1v) is 5.01. The summed E-state index contributed by atoms with van der Waals surface area (Å²) >= 11 is 0. The maximum absolute atomic E-state index is 8.62. The van der Waals surface area contributed by atoms with Crippen LogP contribution >= 0.6 is 0 Å². The summed E-state index contributed by atoms with van der Waals surface area (Å²) in [4.78, 5) is 0. The molecule has 0 fully saturated rings. The van der Waals surface area contributed by atoms with E-state index in [1.54, 1.807) is 18.2 Å². The van der Waals surface area contributed by atoms with Crippen LogP contribution in [0.5, 0.6) is 5.75 Å². The molecule has 0 bridgehead atoms. The third kappa shape index (κ3) is 3.13. The highest BCUT2D eigenvalue weighted by Gasteiger charge is 2.04. The molecule has 4 N–H and O–H groups in total. The van der Waals surface area contributed by atoms with Gasteiger partial charge in [0, 0.05) is 18.6 Å². The summed E-state index contributed by atoms with van der Waals surface area (Å²) in [7, 11) is 0. The average Bonchev–Trinajstić information content (AvgIpc) is 2.30. The Morgan fingerprint density at radius 1 is 1.50 bits per heavy atom. The highest BCUT2D eigenvalue weighted by molar-refractivity contribution is 5.97. The van der Waals surface area contributed by atoms with Gasteiger partial charge in [-0.3, -0.25) is 0 Å². The van der Waals surface area contributed by atoms with E-state index in [1.807, 2.05) is 6.92 Å². The van der Waals surface area contributed by atoms with Crippen LogP contribution in [0.4, 0.5) is 0 Å². The molecule has 0 aliphatic carbocycles. The van der Waals surface area contributed by atoms with E-state index in [2.05, 4.69) is 5.16 Å². The highest BCUT2D eigenvalue weighted by Crippen LogP contribution is 2.19. The van der Waals surface area contributed by atoms with Crippen molar-refractivity contribution < 1.29 is 15.1 Å². The van der Waals surface area contributed by atoms with E-state index in [0.29, 0.717) is 18.6 Å². The summed E-state index contributed by atoms with van der Waals surface area (Å²) in [6, 6.07) is 5.26. The summed E-state index contributed by atoms with van der Waals surface area (Å²) in [5.41, 5.74) is 7.01. The van der Waals surface area contributed by atoms with Gasteiger partial charge < -0.3 is 20.8 Å². The minimum Gasteiger partial charge on any atom is -0.493 e. The summed E-state index contributed by atoms with van der Waals surface area (Å²) in [5, 5.41) is 20.1. The van der Waals surface area contributed by atoms with Crippen LogP contribution in [0.25, 0.3) is 0 Å². The molecule has 0 aromatic heterocycles.